The molecule has 0 amide bonds. The van der Waals surface area contributed by atoms with Gasteiger partial charge < -0.3 is 0 Å². The number of hydrogen-bond donors (Lipinski definition) is 1. The fourth-order valence-corrected chi connectivity index (χ4v) is 1.07. The first kappa shape index (κ1) is 8.15. The molecule has 0 aliphatic rings. The van der Waals surface area contributed by atoms with Crippen LogP contribution in [-0.4, -0.2) is 16.8 Å². The van der Waals surface area contributed by atoms with E-state index in [1.54, 1.807) is 0 Å². The van der Waals surface area contributed by atoms with Crippen LogP contribution in [-0.2, 0) is 23.9 Å². The molecule has 8 heavy (non-hydrogen) atoms. The molecule has 8 heteroatoms. The second kappa shape index (κ2) is 2.62. The van der Waals surface area contributed by atoms with Crippen molar-refractivity contribution in [2.24, 2.45) is 0 Å². The summed E-state index contributed by atoms with van der Waals surface area (Å²) < 4.78 is 41.1. The van der Waals surface area contributed by atoms with E-state index in [9.17, 15) is 16.8 Å². The average Bonchev–Trinajstić information content (AvgIpc) is 1.21. The van der Waals surface area contributed by atoms with Crippen LogP contribution in [0.25, 0.3) is 0 Å². The summed E-state index contributed by atoms with van der Waals surface area (Å²) in [4.78, 5) is 0. The van der Waals surface area contributed by atoms with Crippen LogP contribution >= 0.6 is 10.7 Å². The summed E-state index contributed by atoms with van der Waals surface area (Å²) in [7, 11) is -3.46. The molecule has 0 aromatic carbocycles. The minimum atomic E-state index is -4.35. The number of hydrogen-bond acceptors (Lipinski definition) is 5. The van der Waals surface area contributed by atoms with Crippen LogP contribution < -0.4 is 0 Å². The van der Waals surface area contributed by atoms with Crippen LogP contribution in [0, 0.1) is 0 Å². The van der Waals surface area contributed by atoms with Gasteiger partial charge in [-0.2, -0.15) is 8.42 Å². The summed E-state index contributed by atoms with van der Waals surface area (Å²) in [5, 5.41) is 0. The SMILES string of the molecule is O=[SH](=O)OS(=O)(=O)Cl. The Kier molecular flexibility index (Phi) is 2.67. The van der Waals surface area contributed by atoms with Crippen molar-refractivity contribution >= 4 is 31.0 Å². The Hall–Kier alpha value is 0.150. The van der Waals surface area contributed by atoms with E-state index in [4.69, 9.17) is 0 Å². The zero-order chi connectivity index (χ0) is 6.78. The first-order valence-corrected chi connectivity index (χ1v) is 4.53. The Bertz CT molecular complexity index is 211. The highest BCUT2D eigenvalue weighted by Gasteiger charge is 2.04. The Morgan fingerprint density at radius 3 is 1.75 bits per heavy atom. The lowest BCUT2D eigenvalue weighted by molar-refractivity contribution is 0.490. The average molecular weight is 181 g/mol. The maximum Gasteiger partial charge on any atom is 0.370 e. The largest absolute Gasteiger partial charge is 0.370 e. The van der Waals surface area contributed by atoms with E-state index in [2.05, 4.69) is 14.3 Å². The van der Waals surface area contributed by atoms with Crippen LogP contribution in [0.3, 0.4) is 0 Å². The van der Waals surface area contributed by atoms with Gasteiger partial charge in [-0.1, -0.05) is 0 Å². The van der Waals surface area contributed by atoms with E-state index in [0.29, 0.717) is 0 Å². The van der Waals surface area contributed by atoms with Gasteiger partial charge >= 0.3 is 9.33 Å². The molecular formula is HClO5S2. The molecule has 0 N–H and O–H groups in total. The molecule has 0 saturated heterocycles. The lowest BCUT2D eigenvalue weighted by atomic mass is 15.8. The number of halogens is 1. The highest BCUT2D eigenvalue weighted by atomic mass is 35.7. The molecule has 0 aliphatic carbocycles. The second-order valence-corrected chi connectivity index (χ2v) is 3.65. The first-order valence-electron chi connectivity index (χ1n) is 1.20. The van der Waals surface area contributed by atoms with E-state index < -0.39 is 20.3 Å². The predicted octanol–water partition coefficient (Wildman–Crippen LogP) is -0.987. The molecule has 0 aromatic rings. The van der Waals surface area contributed by atoms with Crippen LogP contribution in [0.4, 0.5) is 0 Å². The van der Waals surface area contributed by atoms with Crippen molar-refractivity contribution in [3.8, 4) is 0 Å². The minimum absolute atomic E-state index is 3.13. The Labute approximate surface area is 52.0 Å². The lowest BCUT2D eigenvalue weighted by Crippen LogP contribution is -1.93. The molecule has 0 unspecified atom stereocenters. The fourth-order valence-electron chi connectivity index (χ4n) is 0.0727. The normalized spacial score (nSPS) is 12.2. The zero-order valence-corrected chi connectivity index (χ0v) is 5.74. The van der Waals surface area contributed by atoms with E-state index in [-0.39, 0.29) is 0 Å². The summed E-state index contributed by atoms with van der Waals surface area (Å²) in [6.07, 6.45) is 0. The van der Waals surface area contributed by atoms with Crippen LogP contribution in [0.15, 0.2) is 0 Å². The minimum Gasteiger partial charge on any atom is -0.201 e. The number of rotatable bonds is 2. The second-order valence-electron chi connectivity index (χ2n) is 0.691. The first-order chi connectivity index (χ1) is 3.42. The zero-order valence-electron chi connectivity index (χ0n) is 3.27. The van der Waals surface area contributed by atoms with E-state index in [0.717, 1.165) is 0 Å². The topological polar surface area (TPSA) is 77.5 Å². The molecule has 0 radical (unpaired) electrons. The molecule has 0 heterocycles. The Balaban J connectivity index is 4.16. The van der Waals surface area contributed by atoms with Crippen LogP contribution in [0.5, 0.6) is 0 Å². The highest BCUT2D eigenvalue weighted by Crippen LogP contribution is 1.96. The van der Waals surface area contributed by atoms with Gasteiger partial charge in [-0.05, 0) is 0 Å². The number of thiol groups is 1. The Morgan fingerprint density at radius 2 is 1.75 bits per heavy atom. The molecule has 50 valence electrons. The quantitative estimate of drug-likeness (QED) is 0.436. The van der Waals surface area contributed by atoms with E-state index >= 15 is 0 Å². The van der Waals surface area contributed by atoms with Crippen molar-refractivity contribution in [2.45, 2.75) is 0 Å². The van der Waals surface area contributed by atoms with Crippen molar-refractivity contribution in [3.05, 3.63) is 0 Å². The van der Waals surface area contributed by atoms with Crippen molar-refractivity contribution in [1.29, 1.82) is 0 Å². The molecular weight excluding hydrogens is 180 g/mol. The summed E-state index contributed by atoms with van der Waals surface area (Å²) in [5.74, 6) is 0. The Morgan fingerprint density at radius 1 is 1.38 bits per heavy atom. The third kappa shape index (κ3) is 6.15. The van der Waals surface area contributed by atoms with Gasteiger partial charge in [0.1, 0.15) is 0 Å². The lowest BCUT2D eigenvalue weighted by Gasteiger charge is -1.80. The summed E-state index contributed by atoms with van der Waals surface area (Å²) in [5.41, 5.74) is 0. The maximum absolute atomic E-state index is 9.60. The predicted molar refractivity (Wildman–Crippen MR) is 26.2 cm³/mol. The van der Waals surface area contributed by atoms with Gasteiger partial charge in [-0.3, -0.25) is 0 Å². The summed E-state index contributed by atoms with van der Waals surface area (Å²) in [6, 6.07) is 0. The maximum atomic E-state index is 9.60. The standard InChI is InChI=1S/ClHO5S2/c1-8(4,5)6-7(2)3/h7H. The van der Waals surface area contributed by atoms with Gasteiger partial charge in [0.25, 0.3) is 11.0 Å². The van der Waals surface area contributed by atoms with Crippen molar-refractivity contribution in [2.75, 3.05) is 0 Å². The van der Waals surface area contributed by atoms with Gasteiger partial charge in [-0.15, -0.1) is 3.63 Å². The van der Waals surface area contributed by atoms with Gasteiger partial charge in [-0.25, -0.2) is 8.42 Å². The molecule has 0 atom stereocenters. The molecule has 0 rings (SSSR count). The third-order valence-corrected chi connectivity index (χ3v) is 1.86. The van der Waals surface area contributed by atoms with Gasteiger partial charge in [0.2, 0.25) is 0 Å². The smallest absolute Gasteiger partial charge is 0.201 e. The van der Waals surface area contributed by atoms with Crippen molar-refractivity contribution in [3.63, 3.8) is 0 Å². The molecule has 0 spiro atoms. The fraction of sp³-hybridized carbons (Fsp3) is 0. The van der Waals surface area contributed by atoms with E-state index in [1.807, 2.05) is 0 Å². The molecule has 0 fully saturated rings. The van der Waals surface area contributed by atoms with Crippen molar-refractivity contribution < 1.29 is 20.5 Å². The third-order valence-electron chi connectivity index (χ3n) is 0.150. The molecule has 5 nitrogen and oxygen atoms in total. The molecule has 0 aromatic heterocycles. The highest BCUT2D eigenvalue weighted by molar-refractivity contribution is 8.13. The summed E-state index contributed by atoms with van der Waals surface area (Å²) in [6.45, 7) is 0. The van der Waals surface area contributed by atoms with Gasteiger partial charge in [0.05, 0.1) is 10.7 Å². The van der Waals surface area contributed by atoms with Gasteiger partial charge in [0, 0.05) is 0 Å². The summed E-state index contributed by atoms with van der Waals surface area (Å²) >= 11 is 0. The van der Waals surface area contributed by atoms with Crippen molar-refractivity contribution in [1.82, 2.24) is 0 Å². The molecule has 0 saturated carbocycles. The molecule has 0 bridgehead atoms. The monoisotopic (exact) mass is 180 g/mol. The molecule has 0 aliphatic heterocycles. The van der Waals surface area contributed by atoms with Crippen LogP contribution in [0.2, 0.25) is 0 Å². The van der Waals surface area contributed by atoms with Crippen LogP contribution in [0.1, 0.15) is 0 Å². The van der Waals surface area contributed by atoms with Gasteiger partial charge in [0.15, 0.2) is 0 Å². The van der Waals surface area contributed by atoms with E-state index in [1.165, 1.54) is 0 Å².